The van der Waals surface area contributed by atoms with Gasteiger partial charge in [-0.1, -0.05) is 0 Å². The maximum atomic E-state index is 12.0. The van der Waals surface area contributed by atoms with Gasteiger partial charge in [-0.15, -0.1) is 0 Å². The van der Waals surface area contributed by atoms with E-state index in [0.717, 1.165) is 4.73 Å². The molecule has 0 saturated carbocycles. The van der Waals surface area contributed by atoms with Crippen molar-refractivity contribution in [1.82, 2.24) is 0 Å². The Kier molecular flexibility index (Phi) is 1.85. The number of alkyl halides is 1. The SMILES string of the molecule is Cc1c(CF)ccc[n+]1O. The molecule has 0 aliphatic rings. The zero-order valence-electron chi connectivity index (χ0n) is 5.71. The third-order valence-corrected chi connectivity index (χ3v) is 1.48. The highest BCUT2D eigenvalue weighted by Crippen LogP contribution is 2.02. The van der Waals surface area contributed by atoms with E-state index in [1.54, 1.807) is 19.1 Å². The van der Waals surface area contributed by atoms with Crippen molar-refractivity contribution in [2.75, 3.05) is 0 Å². The van der Waals surface area contributed by atoms with Gasteiger partial charge in [0.1, 0.15) is 6.67 Å². The summed E-state index contributed by atoms with van der Waals surface area (Å²) in [5.41, 5.74) is 1.06. The lowest BCUT2D eigenvalue weighted by atomic mass is 10.2. The normalized spacial score (nSPS) is 9.80. The molecule has 2 nitrogen and oxygen atoms in total. The summed E-state index contributed by atoms with van der Waals surface area (Å²) in [6.07, 6.45) is 1.47. The van der Waals surface area contributed by atoms with Crippen LogP contribution in [0.5, 0.6) is 0 Å². The molecule has 0 spiro atoms. The quantitative estimate of drug-likeness (QED) is 0.459. The van der Waals surface area contributed by atoms with Gasteiger partial charge in [0.05, 0.1) is 5.56 Å². The van der Waals surface area contributed by atoms with Crippen molar-refractivity contribution in [2.24, 2.45) is 0 Å². The molecule has 0 aliphatic heterocycles. The van der Waals surface area contributed by atoms with Gasteiger partial charge in [0, 0.05) is 17.7 Å². The molecule has 1 heterocycles. The van der Waals surface area contributed by atoms with Gasteiger partial charge in [-0.05, 0) is 6.07 Å². The molecule has 1 N–H and O–H groups in total. The molecule has 0 atom stereocenters. The lowest BCUT2D eigenvalue weighted by Gasteiger charge is -1.93. The Bertz CT molecular complexity index is 237. The van der Waals surface area contributed by atoms with E-state index >= 15 is 0 Å². The Morgan fingerprint density at radius 3 is 2.90 bits per heavy atom. The molecule has 1 aromatic heterocycles. The Labute approximate surface area is 58.5 Å². The molecular weight excluding hydrogens is 133 g/mol. The number of hydrogen-bond donors (Lipinski definition) is 1. The minimum atomic E-state index is -0.534. The first kappa shape index (κ1) is 6.99. The number of pyridine rings is 1. The lowest BCUT2D eigenvalue weighted by Crippen LogP contribution is -2.33. The molecule has 54 valence electrons. The lowest BCUT2D eigenvalue weighted by molar-refractivity contribution is -0.909. The van der Waals surface area contributed by atoms with E-state index in [9.17, 15) is 4.39 Å². The zero-order chi connectivity index (χ0) is 7.56. The average Bonchev–Trinajstić information content (AvgIpc) is 1.95. The van der Waals surface area contributed by atoms with Crippen LogP contribution in [0, 0.1) is 6.92 Å². The number of rotatable bonds is 1. The highest BCUT2D eigenvalue weighted by atomic mass is 19.1. The smallest absolute Gasteiger partial charge is 0.236 e. The molecular formula is C7H9FNO+. The molecule has 10 heavy (non-hydrogen) atoms. The van der Waals surface area contributed by atoms with Crippen LogP contribution >= 0.6 is 0 Å². The fourth-order valence-corrected chi connectivity index (χ4v) is 0.761. The predicted octanol–water partition coefficient (Wildman–Crippen LogP) is 0.989. The summed E-state index contributed by atoms with van der Waals surface area (Å²) in [6, 6.07) is 3.24. The third-order valence-electron chi connectivity index (χ3n) is 1.48. The minimum absolute atomic E-state index is 0.519. The van der Waals surface area contributed by atoms with Crippen LogP contribution in [-0.4, -0.2) is 5.21 Å². The Morgan fingerprint density at radius 1 is 1.70 bits per heavy atom. The van der Waals surface area contributed by atoms with E-state index in [1.165, 1.54) is 6.20 Å². The predicted molar refractivity (Wildman–Crippen MR) is 33.4 cm³/mol. The van der Waals surface area contributed by atoms with Crippen molar-refractivity contribution in [3.63, 3.8) is 0 Å². The van der Waals surface area contributed by atoms with Crippen LogP contribution in [0.4, 0.5) is 4.39 Å². The number of aromatic nitrogens is 1. The van der Waals surface area contributed by atoms with Crippen molar-refractivity contribution in [2.45, 2.75) is 13.6 Å². The Balaban J connectivity index is 3.14. The highest BCUT2D eigenvalue weighted by Gasteiger charge is 2.08. The van der Waals surface area contributed by atoms with Crippen molar-refractivity contribution in [3.8, 4) is 0 Å². The van der Waals surface area contributed by atoms with E-state index in [2.05, 4.69) is 0 Å². The second-order valence-corrected chi connectivity index (χ2v) is 2.10. The van der Waals surface area contributed by atoms with Crippen LogP contribution in [0.2, 0.25) is 0 Å². The van der Waals surface area contributed by atoms with Gasteiger partial charge >= 0.3 is 0 Å². The van der Waals surface area contributed by atoms with E-state index in [0.29, 0.717) is 11.3 Å². The van der Waals surface area contributed by atoms with Crippen molar-refractivity contribution in [3.05, 3.63) is 29.6 Å². The van der Waals surface area contributed by atoms with Crippen molar-refractivity contribution < 1.29 is 14.3 Å². The summed E-state index contributed by atoms with van der Waals surface area (Å²) in [4.78, 5) is 0. The summed E-state index contributed by atoms with van der Waals surface area (Å²) in [6.45, 7) is 1.13. The average molecular weight is 142 g/mol. The van der Waals surface area contributed by atoms with Gasteiger partial charge in [0.2, 0.25) is 11.9 Å². The van der Waals surface area contributed by atoms with E-state index in [1.807, 2.05) is 0 Å². The van der Waals surface area contributed by atoms with Crippen molar-refractivity contribution in [1.29, 1.82) is 0 Å². The first-order valence-electron chi connectivity index (χ1n) is 3.01. The summed E-state index contributed by atoms with van der Waals surface area (Å²) >= 11 is 0. The first-order chi connectivity index (χ1) is 4.75. The summed E-state index contributed by atoms with van der Waals surface area (Å²) in [7, 11) is 0. The van der Waals surface area contributed by atoms with Crippen LogP contribution in [0.3, 0.4) is 0 Å². The molecule has 0 aliphatic carbocycles. The zero-order valence-corrected chi connectivity index (χ0v) is 5.71. The highest BCUT2D eigenvalue weighted by molar-refractivity contribution is 5.12. The maximum absolute atomic E-state index is 12.0. The second kappa shape index (κ2) is 2.64. The third kappa shape index (κ3) is 1.07. The number of hydrogen-bond acceptors (Lipinski definition) is 1. The van der Waals surface area contributed by atoms with Gasteiger partial charge in [-0.3, -0.25) is 5.21 Å². The maximum Gasteiger partial charge on any atom is 0.236 e. The molecule has 1 rings (SSSR count). The first-order valence-corrected chi connectivity index (χ1v) is 3.01. The van der Waals surface area contributed by atoms with Gasteiger partial charge in [-0.25, -0.2) is 4.39 Å². The van der Waals surface area contributed by atoms with E-state index in [4.69, 9.17) is 5.21 Å². The molecule has 0 amide bonds. The monoisotopic (exact) mass is 142 g/mol. The van der Waals surface area contributed by atoms with Crippen LogP contribution in [0.15, 0.2) is 18.3 Å². The van der Waals surface area contributed by atoms with Crippen LogP contribution in [0.1, 0.15) is 11.3 Å². The molecule has 0 bridgehead atoms. The molecule has 0 fully saturated rings. The molecule has 3 heteroatoms. The van der Waals surface area contributed by atoms with Crippen LogP contribution in [0.25, 0.3) is 0 Å². The molecule has 0 radical (unpaired) electrons. The van der Waals surface area contributed by atoms with E-state index in [-0.39, 0.29) is 0 Å². The number of nitrogens with zero attached hydrogens (tertiary/aromatic N) is 1. The largest absolute Gasteiger partial charge is 0.285 e. The van der Waals surface area contributed by atoms with E-state index < -0.39 is 6.67 Å². The van der Waals surface area contributed by atoms with Crippen molar-refractivity contribution >= 4 is 0 Å². The standard InChI is InChI=1S/C7H9FNO/c1-6-7(5-8)3-2-4-9(6)10/h2-4,10H,5H2,1H3/q+1. The van der Waals surface area contributed by atoms with Crippen LogP contribution < -0.4 is 4.73 Å². The second-order valence-electron chi connectivity index (χ2n) is 2.10. The topological polar surface area (TPSA) is 24.1 Å². The van der Waals surface area contributed by atoms with Gasteiger partial charge in [0.15, 0.2) is 0 Å². The fourth-order valence-electron chi connectivity index (χ4n) is 0.761. The summed E-state index contributed by atoms with van der Waals surface area (Å²) < 4.78 is 13.0. The Hall–Kier alpha value is -1.12. The number of halogens is 1. The van der Waals surface area contributed by atoms with Gasteiger partial charge in [0.25, 0.3) is 0 Å². The summed E-state index contributed by atoms with van der Waals surface area (Å²) in [5, 5.41) is 8.98. The summed E-state index contributed by atoms with van der Waals surface area (Å²) in [5.74, 6) is 0. The van der Waals surface area contributed by atoms with Crippen LogP contribution in [-0.2, 0) is 6.67 Å². The van der Waals surface area contributed by atoms with Gasteiger partial charge < -0.3 is 0 Å². The fraction of sp³-hybridized carbons (Fsp3) is 0.286. The Morgan fingerprint density at radius 2 is 2.40 bits per heavy atom. The minimum Gasteiger partial charge on any atom is -0.285 e. The molecule has 0 aromatic carbocycles. The molecule has 1 aromatic rings. The molecule has 0 saturated heterocycles. The molecule has 0 unspecified atom stereocenters. The van der Waals surface area contributed by atoms with Gasteiger partial charge in [-0.2, -0.15) is 0 Å².